The van der Waals surface area contributed by atoms with Crippen molar-refractivity contribution in [3.8, 4) is 0 Å². The van der Waals surface area contributed by atoms with E-state index in [1.165, 1.54) is 0 Å². The molecule has 1 aliphatic rings. The first kappa shape index (κ1) is 9.52. The van der Waals surface area contributed by atoms with Gasteiger partial charge in [0.25, 0.3) is 0 Å². The summed E-state index contributed by atoms with van der Waals surface area (Å²) in [6.45, 7) is 3.95. The molecule has 0 amide bonds. The molecule has 0 aromatic heterocycles. The highest BCUT2D eigenvalue weighted by atomic mass is 16.5. The van der Waals surface area contributed by atoms with Crippen molar-refractivity contribution >= 4 is 5.97 Å². The highest BCUT2D eigenvalue weighted by Crippen LogP contribution is 2.38. The summed E-state index contributed by atoms with van der Waals surface area (Å²) in [5, 5.41) is 9.54. The summed E-state index contributed by atoms with van der Waals surface area (Å²) in [6, 6.07) is 0. The SMILES string of the molecule is CCOC(=O)[C@]1(C)CCC[C@@H]1O. The standard InChI is InChI=1S/C9H16O3/c1-3-12-8(11)9(2)6-4-5-7(9)10/h7,10H,3-6H2,1-2H3/t7-,9+/m0/s1. The van der Waals surface area contributed by atoms with Crippen molar-refractivity contribution in [2.45, 2.75) is 39.2 Å². The van der Waals surface area contributed by atoms with Crippen molar-refractivity contribution in [2.24, 2.45) is 5.41 Å². The summed E-state index contributed by atoms with van der Waals surface area (Å²) in [5.41, 5.74) is -0.643. The summed E-state index contributed by atoms with van der Waals surface area (Å²) in [7, 11) is 0. The maximum atomic E-state index is 11.4. The van der Waals surface area contributed by atoms with Gasteiger partial charge in [-0.2, -0.15) is 0 Å². The molecule has 0 aliphatic heterocycles. The lowest BCUT2D eigenvalue weighted by atomic mass is 9.87. The van der Waals surface area contributed by atoms with E-state index in [2.05, 4.69) is 0 Å². The lowest BCUT2D eigenvalue weighted by Crippen LogP contribution is -2.36. The summed E-state index contributed by atoms with van der Waals surface area (Å²) in [5.74, 6) is -0.255. The molecule has 0 saturated heterocycles. The van der Waals surface area contributed by atoms with Gasteiger partial charge in [0.1, 0.15) is 0 Å². The predicted molar refractivity (Wildman–Crippen MR) is 44.6 cm³/mol. The minimum Gasteiger partial charge on any atom is -0.465 e. The van der Waals surface area contributed by atoms with E-state index in [9.17, 15) is 9.90 Å². The first-order chi connectivity index (χ1) is 5.61. The predicted octanol–water partition coefficient (Wildman–Crippen LogP) is 1.10. The van der Waals surface area contributed by atoms with Gasteiger partial charge >= 0.3 is 5.97 Å². The van der Waals surface area contributed by atoms with Gasteiger partial charge in [-0.3, -0.25) is 4.79 Å². The molecule has 0 radical (unpaired) electrons. The van der Waals surface area contributed by atoms with Crippen LogP contribution in [0, 0.1) is 5.41 Å². The Morgan fingerprint density at radius 3 is 2.83 bits per heavy atom. The molecule has 0 heterocycles. The largest absolute Gasteiger partial charge is 0.465 e. The molecule has 0 spiro atoms. The van der Waals surface area contributed by atoms with Gasteiger partial charge < -0.3 is 9.84 Å². The van der Waals surface area contributed by atoms with E-state index >= 15 is 0 Å². The second-order valence-electron chi connectivity index (χ2n) is 3.55. The van der Waals surface area contributed by atoms with E-state index in [1.807, 2.05) is 0 Å². The molecule has 0 aromatic rings. The maximum Gasteiger partial charge on any atom is 0.314 e. The number of ether oxygens (including phenoxy) is 1. The van der Waals surface area contributed by atoms with E-state index in [1.54, 1.807) is 13.8 Å². The number of hydrogen-bond donors (Lipinski definition) is 1. The van der Waals surface area contributed by atoms with Crippen LogP contribution in [0.1, 0.15) is 33.1 Å². The van der Waals surface area contributed by atoms with Crippen LogP contribution >= 0.6 is 0 Å². The monoisotopic (exact) mass is 172 g/mol. The molecule has 3 heteroatoms. The number of carbonyl (C=O) groups is 1. The Bertz CT molecular complexity index is 179. The van der Waals surface area contributed by atoms with Crippen LogP contribution in [-0.4, -0.2) is 23.8 Å². The molecule has 1 saturated carbocycles. The van der Waals surface area contributed by atoms with Gasteiger partial charge in [-0.1, -0.05) is 0 Å². The van der Waals surface area contributed by atoms with Crippen molar-refractivity contribution in [3.05, 3.63) is 0 Å². The molecule has 1 aliphatic carbocycles. The normalized spacial score (nSPS) is 35.1. The van der Waals surface area contributed by atoms with E-state index in [0.717, 1.165) is 19.3 Å². The lowest BCUT2D eigenvalue weighted by Gasteiger charge is -2.24. The molecular weight excluding hydrogens is 156 g/mol. The Morgan fingerprint density at radius 2 is 2.42 bits per heavy atom. The average molecular weight is 172 g/mol. The van der Waals surface area contributed by atoms with Crippen molar-refractivity contribution in [1.82, 2.24) is 0 Å². The maximum absolute atomic E-state index is 11.4. The Balaban J connectivity index is 2.63. The number of aliphatic hydroxyl groups is 1. The molecule has 1 N–H and O–H groups in total. The molecule has 0 unspecified atom stereocenters. The topological polar surface area (TPSA) is 46.5 Å². The zero-order valence-corrected chi connectivity index (χ0v) is 7.67. The van der Waals surface area contributed by atoms with Crippen LogP contribution in [0.5, 0.6) is 0 Å². The minimum atomic E-state index is -0.643. The Kier molecular flexibility index (Phi) is 2.73. The lowest BCUT2D eigenvalue weighted by molar-refractivity contribution is -0.159. The molecule has 0 bridgehead atoms. The van der Waals surface area contributed by atoms with Gasteiger partial charge in [0.05, 0.1) is 18.1 Å². The number of carbonyl (C=O) groups excluding carboxylic acids is 1. The van der Waals surface area contributed by atoms with Crippen LogP contribution in [0.3, 0.4) is 0 Å². The van der Waals surface area contributed by atoms with Gasteiger partial charge in [-0.15, -0.1) is 0 Å². The zero-order chi connectivity index (χ0) is 9.19. The van der Waals surface area contributed by atoms with E-state index in [4.69, 9.17) is 4.74 Å². The number of rotatable bonds is 2. The molecule has 70 valence electrons. The quantitative estimate of drug-likeness (QED) is 0.634. The fraction of sp³-hybridized carbons (Fsp3) is 0.889. The fourth-order valence-electron chi connectivity index (χ4n) is 1.68. The minimum absolute atomic E-state index is 0.255. The van der Waals surface area contributed by atoms with E-state index < -0.39 is 11.5 Å². The summed E-state index contributed by atoms with van der Waals surface area (Å²) < 4.78 is 4.90. The van der Waals surface area contributed by atoms with Crippen molar-refractivity contribution in [2.75, 3.05) is 6.61 Å². The summed E-state index contributed by atoms with van der Waals surface area (Å²) in [4.78, 5) is 11.4. The van der Waals surface area contributed by atoms with Crippen LogP contribution in [-0.2, 0) is 9.53 Å². The summed E-state index contributed by atoms with van der Waals surface area (Å²) >= 11 is 0. The van der Waals surface area contributed by atoms with Crippen LogP contribution in [0.2, 0.25) is 0 Å². The first-order valence-electron chi connectivity index (χ1n) is 4.46. The average Bonchev–Trinajstić information content (AvgIpc) is 2.34. The van der Waals surface area contributed by atoms with Crippen molar-refractivity contribution in [1.29, 1.82) is 0 Å². The van der Waals surface area contributed by atoms with Crippen LogP contribution in [0.25, 0.3) is 0 Å². The second-order valence-corrected chi connectivity index (χ2v) is 3.55. The third-order valence-corrected chi connectivity index (χ3v) is 2.65. The summed E-state index contributed by atoms with van der Waals surface area (Å²) in [6.07, 6.45) is 1.86. The van der Waals surface area contributed by atoms with Gasteiger partial charge in [-0.25, -0.2) is 0 Å². The molecule has 2 atom stereocenters. The Morgan fingerprint density at radius 1 is 1.75 bits per heavy atom. The van der Waals surface area contributed by atoms with E-state index in [0.29, 0.717) is 6.61 Å². The third kappa shape index (κ3) is 1.46. The highest BCUT2D eigenvalue weighted by Gasteiger charge is 2.45. The van der Waals surface area contributed by atoms with Crippen molar-refractivity contribution in [3.63, 3.8) is 0 Å². The molecule has 0 aromatic carbocycles. The van der Waals surface area contributed by atoms with Crippen LogP contribution in [0.4, 0.5) is 0 Å². The van der Waals surface area contributed by atoms with Gasteiger partial charge in [0, 0.05) is 0 Å². The van der Waals surface area contributed by atoms with Gasteiger partial charge in [0.15, 0.2) is 0 Å². The molecule has 1 fully saturated rings. The van der Waals surface area contributed by atoms with Crippen LogP contribution in [0.15, 0.2) is 0 Å². The second kappa shape index (κ2) is 3.44. The molecule has 12 heavy (non-hydrogen) atoms. The molecule has 1 rings (SSSR count). The fourth-order valence-corrected chi connectivity index (χ4v) is 1.68. The Hall–Kier alpha value is -0.570. The van der Waals surface area contributed by atoms with E-state index in [-0.39, 0.29) is 5.97 Å². The zero-order valence-electron chi connectivity index (χ0n) is 7.67. The molecular formula is C9H16O3. The third-order valence-electron chi connectivity index (χ3n) is 2.65. The Labute approximate surface area is 72.7 Å². The highest BCUT2D eigenvalue weighted by molar-refractivity contribution is 5.77. The first-order valence-corrected chi connectivity index (χ1v) is 4.46. The number of esters is 1. The molecule has 3 nitrogen and oxygen atoms in total. The smallest absolute Gasteiger partial charge is 0.314 e. The van der Waals surface area contributed by atoms with Crippen LogP contribution < -0.4 is 0 Å². The van der Waals surface area contributed by atoms with Gasteiger partial charge in [0.2, 0.25) is 0 Å². The van der Waals surface area contributed by atoms with Gasteiger partial charge in [-0.05, 0) is 33.1 Å². The number of hydrogen-bond acceptors (Lipinski definition) is 3. The number of aliphatic hydroxyl groups excluding tert-OH is 1. The van der Waals surface area contributed by atoms with Crippen molar-refractivity contribution < 1.29 is 14.6 Å².